The lowest BCUT2D eigenvalue weighted by Gasteiger charge is -2.09. The van der Waals surface area contributed by atoms with Crippen molar-refractivity contribution >= 4 is 16.0 Å². The molecule has 6 nitrogen and oxygen atoms in total. The summed E-state index contributed by atoms with van der Waals surface area (Å²) in [6.45, 7) is 0.172. The molecule has 0 saturated heterocycles. The first-order valence-corrected chi connectivity index (χ1v) is 7.72. The second-order valence-corrected chi connectivity index (χ2v) is 5.95. The normalized spacial score (nSPS) is 11.3. The minimum atomic E-state index is -3.79. The van der Waals surface area contributed by atoms with E-state index in [-0.39, 0.29) is 17.0 Å². The van der Waals surface area contributed by atoms with Gasteiger partial charge in [-0.3, -0.25) is 0 Å². The highest BCUT2D eigenvalue weighted by Gasteiger charge is 2.22. The first kappa shape index (κ1) is 15.3. The lowest BCUT2D eigenvalue weighted by molar-refractivity contribution is 0.0596. The van der Waals surface area contributed by atoms with E-state index in [2.05, 4.69) is 9.46 Å². The first-order chi connectivity index (χ1) is 10.0. The van der Waals surface area contributed by atoms with Crippen LogP contribution in [0, 0.1) is 0 Å². The van der Waals surface area contributed by atoms with Gasteiger partial charge in [0.25, 0.3) is 0 Å². The molecule has 0 radical (unpaired) electrons. The number of furan rings is 1. The number of nitrogens with one attached hydrogen (secondary N) is 1. The van der Waals surface area contributed by atoms with Crippen molar-refractivity contribution in [1.82, 2.24) is 4.72 Å². The first-order valence-electron chi connectivity index (χ1n) is 6.24. The van der Waals surface area contributed by atoms with Crippen LogP contribution in [0.3, 0.4) is 0 Å². The summed E-state index contributed by atoms with van der Waals surface area (Å²) in [4.78, 5) is 11.5. The topological polar surface area (TPSA) is 85.6 Å². The minimum absolute atomic E-state index is 0.00509. The van der Waals surface area contributed by atoms with Crippen molar-refractivity contribution in [1.29, 1.82) is 0 Å². The Morgan fingerprint density at radius 1 is 1.24 bits per heavy atom. The lowest BCUT2D eigenvalue weighted by atomic mass is 10.2. The molecule has 0 spiro atoms. The van der Waals surface area contributed by atoms with Crippen LogP contribution in [0.15, 0.2) is 52.0 Å². The molecule has 0 saturated carbocycles. The van der Waals surface area contributed by atoms with Gasteiger partial charge in [-0.05, 0) is 24.3 Å². The van der Waals surface area contributed by atoms with Crippen LogP contribution >= 0.6 is 0 Å². The van der Waals surface area contributed by atoms with Crippen molar-refractivity contribution in [2.45, 2.75) is 11.3 Å². The Hall–Kier alpha value is -2.12. The number of rotatable bonds is 6. The Morgan fingerprint density at radius 3 is 2.67 bits per heavy atom. The van der Waals surface area contributed by atoms with E-state index < -0.39 is 16.0 Å². The number of hydrogen-bond acceptors (Lipinski definition) is 5. The van der Waals surface area contributed by atoms with E-state index >= 15 is 0 Å². The maximum atomic E-state index is 12.3. The van der Waals surface area contributed by atoms with Crippen LogP contribution in [0.4, 0.5) is 0 Å². The number of hydrogen-bond donors (Lipinski definition) is 1. The average Bonchev–Trinajstić information content (AvgIpc) is 2.99. The van der Waals surface area contributed by atoms with E-state index in [9.17, 15) is 13.2 Å². The van der Waals surface area contributed by atoms with Crippen molar-refractivity contribution in [3.63, 3.8) is 0 Å². The highest BCUT2D eigenvalue weighted by Crippen LogP contribution is 2.16. The van der Waals surface area contributed by atoms with Crippen molar-refractivity contribution < 1.29 is 22.4 Å². The molecule has 1 aromatic carbocycles. The fourth-order valence-corrected chi connectivity index (χ4v) is 3.05. The molecule has 0 bridgehead atoms. The van der Waals surface area contributed by atoms with Gasteiger partial charge in [0.15, 0.2) is 0 Å². The lowest BCUT2D eigenvalue weighted by Crippen LogP contribution is -2.27. The molecule has 0 fully saturated rings. The van der Waals surface area contributed by atoms with Crippen LogP contribution in [0.1, 0.15) is 16.1 Å². The monoisotopic (exact) mass is 309 g/mol. The van der Waals surface area contributed by atoms with Gasteiger partial charge < -0.3 is 9.15 Å². The molecule has 2 aromatic rings. The van der Waals surface area contributed by atoms with E-state index in [1.807, 2.05) is 0 Å². The van der Waals surface area contributed by atoms with Crippen molar-refractivity contribution in [3.8, 4) is 0 Å². The smallest absolute Gasteiger partial charge is 0.339 e. The molecule has 0 unspecified atom stereocenters. The van der Waals surface area contributed by atoms with Crippen molar-refractivity contribution in [3.05, 3.63) is 54.0 Å². The second kappa shape index (κ2) is 6.55. The predicted octanol–water partition coefficient (Wildman–Crippen LogP) is 1.59. The van der Waals surface area contributed by atoms with Gasteiger partial charge in [-0.1, -0.05) is 12.1 Å². The second-order valence-electron chi connectivity index (χ2n) is 4.21. The van der Waals surface area contributed by atoms with Gasteiger partial charge in [0.1, 0.15) is 5.76 Å². The third-order valence-electron chi connectivity index (χ3n) is 2.83. The van der Waals surface area contributed by atoms with Gasteiger partial charge in [-0.15, -0.1) is 0 Å². The summed E-state index contributed by atoms with van der Waals surface area (Å²) >= 11 is 0. The van der Waals surface area contributed by atoms with Crippen LogP contribution in [0.5, 0.6) is 0 Å². The third-order valence-corrected chi connectivity index (χ3v) is 4.34. The molecular formula is C14H15NO5S. The molecule has 0 aliphatic rings. The Labute approximate surface area is 122 Å². The average molecular weight is 309 g/mol. The summed E-state index contributed by atoms with van der Waals surface area (Å²) < 4.78 is 36.7. The highest BCUT2D eigenvalue weighted by atomic mass is 32.2. The van der Waals surface area contributed by atoms with E-state index in [0.717, 1.165) is 0 Å². The summed E-state index contributed by atoms with van der Waals surface area (Å²) in [7, 11) is -2.59. The zero-order chi connectivity index (χ0) is 15.3. The fraction of sp³-hybridized carbons (Fsp3) is 0.214. The maximum Gasteiger partial charge on any atom is 0.339 e. The standard InChI is InChI=1S/C14H15NO5S/c1-19-14(16)12-6-2-3-7-13(12)21(17,18)15-9-8-11-5-4-10-20-11/h2-7,10,15H,8-9H2,1H3. The Kier molecular flexibility index (Phi) is 4.77. The van der Waals surface area contributed by atoms with Crippen LogP contribution in [0.25, 0.3) is 0 Å². The summed E-state index contributed by atoms with van der Waals surface area (Å²) in [5.74, 6) is -0.0130. The van der Waals surface area contributed by atoms with Gasteiger partial charge in [-0.25, -0.2) is 17.9 Å². The quantitative estimate of drug-likeness (QED) is 0.819. The Bertz CT molecular complexity index is 707. The molecule has 0 aliphatic heterocycles. The fourth-order valence-electron chi connectivity index (χ4n) is 1.82. The summed E-state index contributed by atoms with van der Waals surface area (Å²) in [6, 6.07) is 9.39. The summed E-state index contributed by atoms with van der Waals surface area (Å²) in [5.41, 5.74) is 0.00509. The molecule has 112 valence electrons. The van der Waals surface area contributed by atoms with Crippen molar-refractivity contribution in [2.75, 3.05) is 13.7 Å². The third kappa shape index (κ3) is 3.71. The molecular weight excluding hydrogens is 294 g/mol. The van der Waals surface area contributed by atoms with Gasteiger partial charge >= 0.3 is 5.97 Å². The zero-order valence-electron chi connectivity index (χ0n) is 11.4. The minimum Gasteiger partial charge on any atom is -0.469 e. The molecule has 1 heterocycles. The van der Waals surface area contributed by atoms with Gasteiger partial charge in [0, 0.05) is 13.0 Å². The molecule has 0 amide bonds. The van der Waals surface area contributed by atoms with Gasteiger partial charge in [-0.2, -0.15) is 0 Å². The summed E-state index contributed by atoms with van der Waals surface area (Å²) in [5, 5.41) is 0. The van der Waals surface area contributed by atoms with Gasteiger partial charge in [0.2, 0.25) is 10.0 Å². The van der Waals surface area contributed by atoms with E-state index in [1.54, 1.807) is 24.3 Å². The summed E-state index contributed by atoms with van der Waals surface area (Å²) in [6.07, 6.45) is 1.95. The number of esters is 1. The number of ether oxygens (including phenoxy) is 1. The number of carbonyl (C=O) groups excluding carboxylic acids is 1. The Balaban J connectivity index is 2.14. The van der Waals surface area contributed by atoms with E-state index in [0.29, 0.717) is 12.2 Å². The molecule has 0 atom stereocenters. The number of carbonyl (C=O) groups is 1. The molecule has 1 N–H and O–H groups in total. The highest BCUT2D eigenvalue weighted by molar-refractivity contribution is 7.89. The van der Waals surface area contributed by atoms with Crippen LogP contribution in [-0.2, 0) is 21.2 Å². The number of benzene rings is 1. The Morgan fingerprint density at radius 2 is 2.00 bits per heavy atom. The predicted molar refractivity (Wildman–Crippen MR) is 75.4 cm³/mol. The zero-order valence-corrected chi connectivity index (χ0v) is 12.2. The van der Waals surface area contributed by atoms with Crippen LogP contribution in [0.2, 0.25) is 0 Å². The van der Waals surface area contributed by atoms with Crippen LogP contribution < -0.4 is 4.72 Å². The number of methoxy groups -OCH3 is 1. The number of sulfonamides is 1. The molecule has 2 rings (SSSR count). The molecule has 1 aromatic heterocycles. The maximum absolute atomic E-state index is 12.3. The SMILES string of the molecule is COC(=O)c1ccccc1S(=O)(=O)NCCc1ccco1. The molecule has 7 heteroatoms. The van der Waals surface area contributed by atoms with Gasteiger partial charge in [0.05, 0.1) is 23.8 Å². The molecule has 0 aliphatic carbocycles. The largest absolute Gasteiger partial charge is 0.469 e. The van der Waals surface area contributed by atoms with E-state index in [4.69, 9.17) is 4.42 Å². The van der Waals surface area contributed by atoms with Crippen molar-refractivity contribution in [2.24, 2.45) is 0 Å². The molecule has 21 heavy (non-hydrogen) atoms. The van der Waals surface area contributed by atoms with E-state index in [1.165, 1.54) is 25.5 Å². The van der Waals surface area contributed by atoms with Crippen LogP contribution in [-0.4, -0.2) is 28.0 Å².